The van der Waals surface area contributed by atoms with Gasteiger partial charge in [0.05, 0.1) is 0 Å². The van der Waals surface area contributed by atoms with E-state index in [9.17, 15) is 0 Å². The van der Waals surface area contributed by atoms with E-state index >= 15 is 0 Å². The molecule has 0 amide bonds. The molecule has 18 heavy (non-hydrogen) atoms. The van der Waals surface area contributed by atoms with Crippen molar-refractivity contribution < 1.29 is 4.52 Å². The van der Waals surface area contributed by atoms with Gasteiger partial charge in [0.1, 0.15) is 0 Å². The summed E-state index contributed by atoms with van der Waals surface area (Å²) in [4.78, 5) is 4.38. The summed E-state index contributed by atoms with van der Waals surface area (Å²) in [7, 11) is 0. The molecule has 5 heteroatoms. The van der Waals surface area contributed by atoms with Crippen LogP contribution in [0.15, 0.2) is 33.3 Å². The molecule has 1 aromatic carbocycles. The van der Waals surface area contributed by atoms with Crippen LogP contribution in [0, 0.1) is 0 Å². The maximum absolute atomic E-state index is 5.44. The molecule has 2 rings (SSSR count). The predicted molar refractivity (Wildman–Crippen MR) is 73.2 cm³/mol. The number of hydrogen-bond donors (Lipinski definition) is 1. The first-order valence-electron chi connectivity index (χ1n) is 6.04. The van der Waals surface area contributed by atoms with E-state index in [4.69, 9.17) is 10.3 Å². The van der Waals surface area contributed by atoms with Gasteiger partial charge in [0.2, 0.25) is 5.89 Å². The van der Waals surface area contributed by atoms with Gasteiger partial charge in [-0.15, -0.1) is 0 Å². The minimum atomic E-state index is 0.682. The average molecular weight is 310 g/mol. The molecule has 2 aromatic rings. The second-order valence-electron chi connectivity index (χ2n) is 4.12. The van der Waals surface area contributed by atoms with Crippen molar-refractivity contribution in [2.75, 3.05) is 6.54 Å². The van der Waals surface area contributed by atoms with Gasteiger partial charge in [-0.05, 0) is 31.0 Å². The molecular formula is C13H16BrN3O. The molecule has 0 fully saturated rings. The SMILES string of the molecule is NCCCCc1nc(Cc2ccccc2Br)no1. The summed E-state index contributed by atoms with van der Waals surface area (Å²) in [6.45, 7) is 0.706. The Morgan fingerprint density at radius 1 is 1.22 bits per heavy atom. The van der Waals surface area contributed by atoms with Gasteiger partial charge in [0.25, 0.3) is 0 Å². The van der Waals surface area contributed by atoms with Crippen molar-refractivity contribution in [2.24, 2.45) is 5.73 Å². The van der Waals surface area contributed by atoms with Gasteiger partial charge in [-0.2, -0.15) is 4.98 Å². The van der Waals surface area contributed by atoms with E-state index in [-0.39, 0.29) is 0 Å². The zero-order valence-electron chi connectivity index (χ0n) is 10.1. The van der Waals surface area contributed by atoms with Gasteiger partial charge in [-0.25, -0.2) is 0 Å². The topological polar surface area (TPSA) is 64.9 Å². The van der Waals surface area contributed by atoms with E-state index in [0.717, 1.165) is 35.1 Å². The van der Waals surface area contributed by atoms with Gasteiger partial charge in [0.15, 0.2) is 5.82 Å². The van der Waals surface area contributed by atoms with Gasteiger partial charge < -0.3 is 10.3 Å². The molecule has 1 heterocycles. The lowest BCUT2D eigenvalue weighted by Crippen LogP contribution is -1.99. The number of halogens is 1. The minimum absolute atomic E-state index is 0.682. The molecule has 0 spiro atoms. The Morgan fingerprint density at radius 3 is 2.83 bits per heavy atom. The number of aromatic nitrogens is 2. The fourth-order valence-electron chi connectivity index (χ4n) is 1.70. The molecule has 0 aliphatic rings. The highest BCUT2D eigenvalue weighted by atomic mass is 79.9. The molecule has 0 aliphatic carbocycles. The second kappa shape index (κ2) is 6.66. The van der Waals surface area contributed by atoms with Crippen molar-refractivity contribution in [3.05, 3.63) is 46.0 Å². The van der Waals surface area contributed by atoms with E-state index in [1.54, 1.807) is 0 Å². The monoisotopic (exact) mass is 309 g/mol. The summed E-state index contributed by atoms with van der Waals surface area (Å²) < 4.78 is 6.28. The van der Waals surface area contributed by atoms with Crippen molar-refractivity contribution in [3.8, 4) is 0 Å². The van der Waals surface area contributed by atoms with Gasteiger partial charge >= 0.3 is 0 Å². The number of aryl methyl sites for hydroxylation is 1. The number of nitrogens with two attached hydrogens (primary N) is 1. The molecule has 0 radical (unpaired) electrons. The van der Waals surface area contributed by atoms with Crippen molar-refractivity contribution >= 4 is 15.9 Å². The summed E-state index contributed by atoms with van der Waals surface area (Å²) in [6, 6.07) is 8.05. The van der Waals surface area contributed by atoms with Crippen molar-refractivity contribution in [1.29, 1.82) is 0 Å². The molecule has 1 aromatic heterocycles. The Kier molecular flexibility index (Phi) is 4.90. The Morgan fingerprint density at radius 2 is 2.06 bits per heavy atom. The Labute approximate surface area is 115 Å². The normalized spacial score (nSPS) is 10.8. The lowest BCUT2D eigenvalue weighted by molar-refractivity contribution is 0.370. The molecule has 0 aliphatic heterocycles. The van der Waals surface area contributed by atoms with E-state index in [1.165, 1.54) is 0 Å². The van der Waals surface area contributed by atoms with E-state index < -0.39 is 0 Å². The summed E-state index contributed by atoms with van der Waals surface area (Å²) in [5, 5.41) is 3.99. The highest BCUT2D eigenvalue weighted by Gasteiger charge is 2.08. The number of nitrogens with zero attached hydrogens (tertiary/aromatic N) is 2. The summed E-state index contributed by atoms with van der Waals surface area (Å²) in [6.07, 6.45) is 3.47. The Hall–Kier alpha value is -1.20. The van der Waals surface area contributed by atoms with E-state index in [0.29, 0.717) is 18.9 Å². The third kappa shape index (κ3) is 3.65. The van der Waals surface area contributed by atoms with Crippen LogP contribution in [0.3, 0.4) is 0 Å². The van der Waals surface area contributed by atoms with Crippen molar-refractivity contribution in [1.82, 2.24) is 10.1 Å². The maximum Gasteiger partial charge on any atom is 0.226 e. The van der Waals surface area contributed by atoms with Crippen LogP contribution in [-0.4, -0.2) is 16.7 Å². The van der Waals surface area contributed by atoms with Gasteiger partial charge in [-0.1, -0.05) is 39.3 Å². The van der Waals surface area contributed by atoms with Gasteiger partial charge in [-0.3, -0.25) is 0 Å². The highest BCUT2D eigenvalue weighted by Crippen LogP contribution is 2.18. The molecule has 0 bridgehead atoms. The van der Waals surface area contributed by atoms with Crippen LogP contribution in [0.1, 0.15) is 30.1 Å². The lowest BCUT2D eigenvalue weighted by Gasteiger charge is -1.99. The molecule has 0 saturated heterocycles. The summed E-state index contributed by atoms with van der Waals surface area (Å²) in [5.74, 6) is 1.43. The molecule has 0 unspecified atom stereocenters. The molecule has 2 N–H and O–H groups in total. The van der Waals surface area contributed by atoms with Crippen LogP contribution >= 0.6 is 15.9 Å². The fraction of sp³-hybridized carbons (Fsp3) is 0.385. The second-order valence-corrected chi connectivity index (χ2v) is 4.97. The third-order valence-electron chi connectivity index (χ3n) is 2.66. The van der Waals surface area contributed by atoms with Crippen LogP contribution in [0.25, 0.3) is 0 Å². The number of rotatable bonds is 6. The molecule has 4 nitrogen and oxygen atoms in total. The van der Waals surface area contributed by atoms with Crippen LogP contribution < -0.4 is 5.73 Å². The first-order chi connectivity index (χ1) is 8.79. The Bertz CT molecular complexity index is 498. The third-order valence-corrected chi connectivity index (χ3v) is 3.43. The first kappa shape index (κ1) is 13.2. The molecule has 0 atom stereocenters. The maximum atomic E-state index is 5.44. The lowest BCUT2D eigenvalue weighted by atomic mass is 10.1. The number of unbranched alkanes of at least 4 members (excludes halogenated alkanes) is 1. The smallest absolute Gasteiger partial charge is 0.226 e. The van der Waals surface area contributed by atoms with Crippen molar-refractivity contribution in [2.45, 2.75) is 25.7 Å². The first-order valence-corrected chi connectivity index (χ1v) is 6.84. The van der Waals surface area contributed by atoms with Crippen LogP contribution in [-0.2, 0) is 12.8 Å². The molecule has 96 valence electrons. The van der Waals surface area contributed by atoms with E-state index in [1.807, 2.05) is 18.2 Å². The minimum Gasteiger partial charge on any atom is -0.339 e. The zero-order chi connectivity index (χ0) is 12.8. The van der Waals surface area contributed by atoms with Gasteiger partial charge in [0, 0.05) is 17.3 Å². The largest absolute Gasteiger partial charge is 0.339 e. The zero-order valence-corrected chi connectivity index (χ0v) is 11.7. The van der Waals surface area contributed by atoms with Crippen LogP contribution in [0.4, 0.5) is 0 Å². The van der Waals surface area contributed by atoms with Crippen molar-refractivity contribution in [3.63, 3.8) is 0 Å². The number of hydrogen-bond acceptors (Lipinski definition) is 4. The quantitative estimate of drug-likeness (QED) is 0.833. The Balaban J connectivity index is 1.96. The molecular weight excluding hydrogens is 294 g/mol. The van der Waals surface area contributed by atoms with E-state index in [2.05, 4.69) is 32.1 Å². The fourth-order valence-corrected chi connectivity index (χ4v) is 2.12. The summed E-state index contributed by atoms with van der Waals surface area (Å²) in [5.41, 5.74) is 6.60. The highest BCUT2D eigenvalue weighted by molar-refractivity contribution is 9.10. The number of benzene rings is 1. The molecule has 0 saturated carbocycles. The standard InChI is InChI=1S/C13H16BrN3O/c14-11-6-2-1-5-10(11)9-12-16-13(18-17-12)7-3-4-8-15/h1-2,5-6H,3-4,7-9,15H2. The average Bonchev–Trinajstić information content (AvgIpc) is 2.80. The predicted octanol–water partition coefficient (Wildman–Crippen LogP) is 2.70. The van der Waals surface area contributed by atoms with Crippen LogP contribution in [0.2, 0.25) is 0 Å². The van der Waals surface area contributed by atoms with Crippen LogP contribution in [0.5, 0.6) is 0 Å². The summed E-state index contributed by atoms with van der Waals surface area (Å²) >= 11 is 3.51.